The standard InChI is InChI=1S/C22H26N2O2S/c1-27-21-9-4-16(5-10-21)6-11-22(25)24-17-7-8-18(24)14-20(13-17)26-19-3-2-12-23-15-19/h2-5,9-10,12,15,17-18,20H,6-8,11,13-14H2,1H3. The lowest BCUT2D eigenvalue weighted by Gasteiger charge is -2.39. The van der Waals surface area contributed by atoms with Crippen molar-refractivity contribution in [3.63, 3.8) is 0 Å². The van der Waals surface area contributed by atoms with Gasteiger partial charge in [-0.25, -0.2) is 0 Å². The summed E-state index contributed by atoms with van der Waals surface area (Å²) in [6, 6.07) is 13.1. The molecule has 2 fully saturated rings. The van der Waals surface area contributed by atoms with E-state index in [9.17, 15) is 4.79 Å². The zero-order chi connectivity index (χ0) is 18.6. The number of fused-ring (bicyclic) bond motifs is 2. The molecule has 2 aliphatic heterocycles. The van der Waals surface area contributed by atoms with E-state index in [1.165, 1.54) is 10.5 Å². The molecule has 0 saturated carbocycles. The van der Waals surface area contributed by atoms with Crippen LogP contribution in [0.4, 0.5) is 0 Å². The number of hydrogen-bond donors (Lipinski definition) is 0. The van der Waals surface area contributed by atoms with Crippen LogP contribution in [0.3, 0.4) is 0 Å². The molecule has 0 aliphatic carbocycles. The van der Waals surface area contributed by atoms with Crippen molar-refractivity contribution in [3.8, 4) is 5.75 Å². The summed E-state index contributed by atoms with van der Waals surface area (Å²) < 4.78 is 6.11. The summed E-state index contributed by atoms with van der Waals surface area (Å²) in [6.07, 6.45) is 11.3. The Labute approximate surface area is 165 Å². The van der Waals surface area contributed by atoms with Gasteiger partial charge in [-0.05, 0) is 55.3 Å². The number of thioether (sulfide) groups is 1. The number of nitrogens with zero attached hydrogens (tertiary/aromatic N) is 2. The quantitative estimate of drug-likeness (QED) is 0.697. The topological polar surface area (TPSA) is 42.4 Å². The monoisotopic (exact) mass is 382 g/mol. The Hall–Kier alpha value is -2.01. The molecular weight excluding hydrogens is 356 g/mol. The molecule has 0 radical (unpaired) electrons. The zero-order valence-corrected chi connectivity index (χ0v) is 16.5. The summed E-state index contributed by atoms with van der Waals surface area (Å²) in [5, 5.41) is 0. The second-order valence-electron chi connectivity index (χ2n) is 7.43. The predicted octanol–water partition coefficient (Wildman–Crippen LogP) is 4.34. The fraction of sp³-hybridized carbons (Fsp3) is 0.455. The molecular formula is C22H26N2O2S. The Morgan fingerprint density at radius 1 is 1.19 bits per heavy atom. The molecule has 0 spiro atoms. The molecule has 1 amide bonds. The largest absolute Gasteiger partial charge is 0.489 e. The highest BCUT2D eigenvalue weighted by atomic mass is 32.2. The van der Waals surface area contributed by atoms with Crippen LogP contribution < -0.4 is 4.74 Å². The Kier molecular flexibility index (Phi) is 5.67. The highest BCUT2D eigenvalue weighted by Crippen LogP contribution is 2.37. The Morgan fingerprint density at radius 2 is 1.93 bits per heavy atom. The van der Waals surface area contributed by atoms with Gasteiger partial charge in [-0.1, -0.05) is 12.1 Å². The van der Waals surface area contributed by atoms with E-state index in [1.807, 2.05) is 12.1 Å². The summed E-state index contributed by atoms with van der Waals surface area (Å²) in [7, 11) is 0. The van der Waals surface area contributed by atoms with E-state index in [1.54, 1.807) is 24.2 Å². The van der Waals surface area contributed by atoms with Crippen molar-refractivity contribution in [3.05, 3.63) is 54.4 Å². The van der Waals surface area contributed by atoms with Gasteiger partial charge >= 0.3 is 0 Å². The van der Waals surface area contributed by atoms with Gasteiger partial charge in [0.15, 0.2) is 0 Å². The number of aromatic nitrogens is 1. The molecule has 27 heavy (non-hydrogen) atoms. The second kappa shape index (κ2) is 8.34. The van der Waals surface area contributed by atoms with E-state index >= 15 is 0 Å². The van der Waals surface area contributed by atoms with E-state index in [-0.39, 0.29) is 6.10 Å². The van der Waals surface area contributed by atoms with Crippen molar-refractivity contribution in [1.82, 2.24) is 9.88 Å². The maximum Gasteiger partial charge on any atom is 0.223 e. The lowest BCUT2D eigenvalue weighted by Crippen LogP contribution is -2.49. The zero-order valence-electron chi connectivity index (χ0n) is 15.7. The summed E-state index contributed by atoms with van der Waals surface area (Å²) in [5.74, 6) is 1.13. The molecule has 1 aromatic carbocycles. The molecule has 2 bridgehead atoms. The van der Waals surface area contributed by atoms with Crippen molar-refractivity contribution < 1.29 is 9.53 Å². The number of piperidine rings is 1. The Morgan fingerprint density at radius 3 is 2.56 bits per heavy atom. The third-order valence-corrected chi connectivity index (χ3v) is 6.45. The number of carbonyl (C=O) groups excluding carboxylic acids is 1. The van der Waals surface area contributed by atoms with Crippen LogP contribution in [-0.4, -0.2) is 40.2 Å². The molecule has 2 aromatic rings. The third-order valence-electron chi connectivity index (χ3n) is 5.70. The molecule has 1 aromatic heterocycles. The average Bonchev–Trinajstić information content (AvgIpc) is 2.98. The minimum absolute atomic E-state index is 0.190. The van der Waals surface area contributed by atoms with Gasteiger partial charge in [0, 0.05) is 42.4 Å². The summed E-state index contributed by atoms with van der Waals surface area (Å²) >= 11 is 1.74. The number of carbonyl (C=O) groups is 1. The van der Waals surface area contributed by atoms with Crippen molar-refractivity contribution in [2.45, 2.75) is 61.6 Å². The van der Waals surface area contributed by atoms with Gasteiger partial charge in [-0.3, -0.25) is 9.78 Å². The van der Waals surface area contributed by atoms with Crippen LogP contribution in [0, 0.1) is 0 Å². The molecule has 4 rings (SSSR count). The van der Waals surface area contributed by atoms with Crippen molar-refractivity contribution in [2.24, 2.45) is 0 Å². The van der Waals surface area contributed by atoms with Crippen LogP contribution in [0.5, 0.6) is 5.75 Å². The van der Waals surface area contributed by atoms with Gasteiger partial charge in [0.05, 0.1) is 6.20 Å². The molecule has 2 atom stereocenters. The number of pyridine rings is 1. The van der Waals surface area contributed by atoms with Crippen LogP contribution in [0.15, 0.2) is 53.7 Å². The van der Waals surface area contributed by atoms with Crippen molar-refractivity contribution >= 4 is 17.7 Å². The summed E-state index contributed by atoms with van der Waals surface area (Å²) in [4.78, 5) is 20.4. The summed E-state index contributed by atoms with van der Waals surface area (Å²) in [5.41, 5.74) is 1.24. The van der Waals surface area contributed by atoms with Gasteiger partial charge < -0.3 is 9.64 Å². The molecule has 2 saturated heterocycles. The van der Waals surface area contributed by atoms with Crippen LogP contribution in [0.2, 0.25) is 0 Å². The number of rotatable bonds is 6. The Balaban J connectivity index is 1.32. The smallest absolute Gasteiger partial charge is 0.223 e. The van der Waals surface area contributed by atoms with E-state index in [0.29, 0.717) is 24.4 Å². The molecule has 5 heteroatoms. The first kappa shape index (κ1) is 18.4. The fourth-order valence-corrected chi connectivity index (χ4v) is 4.82. The van der Waals surface area contributed by atoms with E-state index in [0.717, 1.165) is 37.9 Å². The van der Waals surface area contributed by atoms with E-state index in [2.05, 4.69) is 40.4 Å². The molecule has 2 unspecified atom stereocenters. The first-order chi connectivity index (χ1) is 13.2. The maximum atomic E-state index is 12.9. The second-order valence-corrected chi connectivity index (χ2v) is 8.31. The highest BCUT2D eigenvalue weighted by molar-refractivity contribution is 7.98. The molecule has 0 N–H and O–H groups in total. The summed E-state index contributed by atoms with van der Waals surface area (Å²) in [6.45, 7) is 0. The highest BCUT2D eigenvalue weighted by Gasteiger charge is 2.43. The van der Waals surface area contributed by atoms with Crippen molar-refractivity contribution in [1.29, 1.82) is 0 Å². The van der Waals surface area contributed by atoms with Crippen LogP contribution >= 0.6 is 11.8 Å². The lowest BCUT2D eigenvalue weighted by atomic mass is 9.98. The van der Waals surface area contributed by atoms with Gasteiger partial charge in [-0.15, -0.1) is 11.8 Å². The average molecular weight is 383 g/mol. The minimum atomic E-state index is 0.190. The Bertz CT molecular complexity index is 752. The van der Waals surface area contributed by atoms with Crippen molar-refractivity contribution in [2.75, 3.05) is 6.26 Å². The van der Waals surface area contributed by atoms with Crippen LogP contribution in [-0.2, 0) is 11.2 Å². The fourth-order valence-electron chi connectivity index (χ4n) is 4.41. The minimum Gasteiger partial charge on any atom is -0.489 e. The first-order valence-electron chi connectivity index (χ1n) is 9.73. The van der Waals surface area contributed by atoms with Gasteiger partial charge in [0.25, 0.3) is 0 Å². The SMILES string of the molecule is CSc1ccc(CCC(=O)N2C3CCC2CC(Oc2cccnc2)C3)cc1. The maximum absolute atomic E-state index is 12.9. The number of ether oxygens (including phenoxy) is 1. The molecule has 4 nitrogen and oxygen atoms in total. The first-order valence-corrected chi connectivity index (χ1v) is 11.0. The normalized spacial score (nSPS) is 24.0. The molecule has 142 valence electrons. The van der Waals surface area contributed by atoms with Gasteiger partial charge in [0.1, 0.15) is 11.9 Å². The molecule has 2 aliphatic rings. The van der Waals surface area contributed by atoms with E-state index in [4.69, 9.17) is 4.74 Å². The number of benzene rings is 1. The van der Waals surface area contributed by atoms with Crippen LogP contribution in [0.25, 0.3) is 0 Å². The lowest BCUT2D eigenvalue weighted by molar-refractivity contribution is -0.137. The van der Waals surface area contributed by atoms with Gasteiger partial charge in [-0.2, -0.15) is 0 Å². The van der Waals surface area contributed by atoms with E-state index < -0.39 is 0 Å². The van der Waals surface area contributed by atoms with Gasteiger partial charge in [0.2, 0.25) is 5.91 Å². The predicted molar refractivity (Wildman–Crippen MR) is 108 cm³/mol. The molecule has 3 heterocycles. The number of hydrogen-bond acceptors (Lipinski definition) is 4. The number of aryl methyl sites for hydroxylation is 1. The van der Waals surface area contributed by atoms with Crippen LogP contribution in [0.1, 0.15) is 37.7 Å². The third kappa shape index (κ3) is 4.29. The number of amides is 1.